The minimum absolute atomic E-state index is 0.127. The lowest BCUT2D eigenvalue weighted by molar-refractivity contribution is 0.411. The number of pyridine rings is 1. The molecule has 1 unspecified atom stereocenters. The number of nitrogens with zero attached hydrogens (tertiary/aromatic N) is 1. The summed E-state index contributed by atoms with van der Waals surface area (Å²) in [6.45, 7) is 4.08. The number of aromatic nitrogens is 1. The van der Waals surface area contributed by atoms with E-state index in [4.69, 9.17) is 10.5 Å². The zero-order valence-electron chi connectivity index (χ0n) is 11.0. The van der Waals surface area contributed by atoms with Crippen molar-refractivity contribution in [1.29, 1.82) is 0 Å². The highest BCUT2D eigenvalue weighted by atomic mass is 16.5. The zero-order chi connectivity index (χ0) is 13.1. The summed E-state index contributed by atoms with van der Waals surface area (Å²) < 4.78 is 5.32. The van der Waals surface area contributed by atoms with Crippen molar-refractivity contribution in [2.45, 2.75) is 19.9 Å². The van der Waals surface area contributed by atoms with E-state index in [-0.39, 0.29) is 6.04 Å². The standard InChI is InChI=1S/C15H18N2O/c1-10-9-14(18-3)11(2)8-13(10)15(16)12-4-6-17-7-5-12/h4-9,15H,16H2,1-3H3. The first kappa shape index (κ1) is 12.6. The van der Waals surface area contributed by atoms with Gasteiger partial charge < -0.3 is 10.5 Å². The Labute approximate surface area is 108 Å². The van der Waals surface area contributed by atoms with E-state index >= 15 is 0 Å². The molecule has 3 heteroatoms. The van der Waals surface area contributed by atoms with E-state index in [0.29, 0.717) is 0 Å². The molecule has 0 saturated heterocycles. The Bertz CT molecular complexity index is 538. The number of hydrogen-bond acceptors (Lipinski definition) is 3. The van der Waals surface area contributed by atoms with Crippen LogP contribution in [0.5, 0.6) is 5.75 Å². The summed E-state index contributed by atoms with van der Waals surface area (Å²) in [4.78, 5) is 4.01. The van der Waals surface area contributed by atoms with Gasteiger partial charge in [-0.3, -0.25) is 4.98 Å². The minimum Gasteiger partial charge on any atom is -0.496 e. The number of methoxy groups -OCH3 is 1. The molecule has 0 saturated carbocycles. The lowest BCUT2D eigenvalue weighted by Gasteiger charge is -2.17. The molecule has 0 radical (unpaired) electrons. The van der Waals surface area contributed by atoms with Crippen LogP contribution < -0.4 is 10.5 Å². The zero-order valence-corrected chi connectivity index (χ0v) is 11.0. The van der Waals surface area contributed by atoms with Crippen LogP contribution in [0, 0.1) is 13.8 Å². The van der Waals surface area contributed by atoms with E-state index in [1.165, 1.54) is 0 Å². The third-order valence-electron chi connectivity index (χ3n) is 3.18. The van der Waals surface area contributed by atoms with Crippen molar-refractivity contribution >= 4 is 0 Å². The van der Waals surface area contributed by atoms with Crippen LogP contribution in [-0.2, 0) is 0 Å². The summed E-state index contributed by atoms with van der Waals surface area (Å²) in [6.07, 6.45) is 3.53. The number of nitrogens with two attached hydrogens (primary N) is 1. The average Bonchev–Trinajstić information content (AvgIpc) is 2.41. The van der Waals surface area contributed by atoms with Gasteiger partial charge in [-0.2, -0.15) is 0 Å². The molecule has 0 bridgehead atoms. The predicted octanol–water partition coefficient (Wildman–Crippen LogP) is 2.76. The topological polar surface area (TPSA) is 48.1 Å². The normalized spacial score (nSPS) is 12.2. The second-order valence-corrected chi connectivity index (χ2v) is 4.44. The minimum atomic E-state index is -0.127. The van der Waals surface area contributed by atoms with Gasteiger partial charge in [0.1, 0.15) is 5.75 Å². The van der Waals surface area contributed by atoms with Crippen molar-refractivity contribution in [3.8, 4) is 5.75 Å². The Balaban J connectivity index is 2.43. The highest BCUT2D eigenvalue weighted by molar-refractivity contribution is 5.45. The van der Waals surface area contributed by atoms with Crippen LogP contribution in [0.2, 0.25) is 0 Å². The molecular weight excluding hydrogens is 224 g/mol. The fourth-order valence-corrected chi connectivity index (χ4v) is 2.12. The SMILES string of the molecule is COc1cc(C)c(C(N)c2ccncc2)cc1C. The second-order valence-electron chi connectivity index (χ2n) is 4.44. The molecule has 0 amide bonds. The summed E-state index contributed by atoms with van der Waals surface area (Å²) in [6, 6.07) is 7.90. The van der Waals surface area contributed by atoms with Crippen molar-refractivity contribution in [3.05, 3.63) is 58.9 Å². The first-order valence-electron chi connectivity index (χ1n) is 5.94. The van der Waals surface area contributed by atoms with Gasteiger partial charge in [0.05, 0.1) is 13.2 Å². The molecule has 0 aliphatic heterocycles. The molecule has 0 spiro atoms. The molecule has 94 valence electrons. The summed E-state index contributed by atoms with van der Waals surface area (Å²) in [5, 5.41) is 0. The predicted molar refractivity (Wildman–Crippen MR) is 72.7 cm³/mol. The summed E-state index contributed by atoms with van der Waals surface area (Å²) in [5.74, 6) is 0.901. The van der Waals surface area contributed by atoms with Gasteiger partial charge in [0.25, 0.3) is 0 Å². The van der Waals surface area contributed by atoms with Crippen LogP contribution in [0.25, 0.3) is 0 Å². The molecule has 0 aliphatic carbocycles. The van der Waals surface area contributed by atoms with Gasteiger partial charge >= 0.3 is 0 Å². The van der Waals surface area contributed by atoms with Crippen LogP contribution in [-0.4, -0.2) is 12.1 Å². The van der Waals surface area contributed by atoms with Crippen molar-refractivity contribution < 1.29 is 4.74 Å². The quantitative estimate of drug-likeness (QED) is 0.900. The maximum absolute atomic E-state index is 6.31. The highest BCUT2D eigenvalue weighted by Gasteiger charge is 2.13. The van der Waals surface area contributed by atoms with Crippen molar-refractivity contribution in [3.63, 3.8) is 0 Å². The van der Waals surface area contributed by atoms with Gasteiger partial charge in [0.15, 0.2) is 0 Å². The Morgan fingerprint density at radius 2 is 1.78 bits per heavy atom. The van der Waals surface area contributed by atoms with Crippen LogP contribution in [0.4, 0.5) is 0 Å². The summed E-state index contributed by atoms with van der Waals surface area (Å²) in [5.41, 5.74) is 10.7. The number of rotatable bonds is 3. The lowest BCUT2D eigenvalue weighted by Crippen LogP contribution is -2.13. The first-order chi connectivity index (χ1) is 8.63. The van der Waals surface area contributed by atoms with Crippen LogP contribution in [0.15, 0.2) is 36.7 Å². The largest absolute Gasteiger partial charge is 0.496 e. The molecule has 1 heterocycles. The van der Waals surface area contributed by atoms with E-state index in [2.05, 4.69) is 18.0 Å². The lowest BCUT2D eigenvalue weighted by atomic mass is 9.94. The summed E-state index contributed by atoms with van der Waals surface area (Å²) >= 11 is 0. The second kappa shape index (κ2) is 5.19. The molecule has 0 aliphatic rings. The van der Waals surface area contributed by atoms with Crippen LogP contribution in [0.3, 0.4) is 0 Å². The Hall–Kier alpha value is -1.87. The van der Waals surface area contributed by atoms with E-state index in [9.17, 15) is 0 Å². The summed E-state index contributed by atoms with van der Waals surface area (Å²) in [7, 11) is 1.68. The maximum atomic E-state index is 6.31. The van der Waals surface area contributed by atoms with E-state index in [1.807, 2.05) is 25.1 Å². The molecule has 1 aromatic heterocycles. The molecular formula is C15H18N2O. The molecule has 1 atom stereocenters. The van der Waals surface area contributed by atoms with Crippen molar-refractivity contribution in [1.82, 2.24) is 4.98 Å². The molecule has 2 N–H and O–H groups in total. The van der Waals surface area contributed by atoms with Crippen molar-refractivity contribution in [2.24, 2.45) is 5.73 Å². The monoisotopic (exact) mass is 242 g/mol. The molecule has 3 nitrogen and oxygen atoms in total. The first-order valence-corrected chi connectivity index (χ1v) is 5.94. The Morgan fingerprint density at radius 1 is 1.11 bits per heavy atom. The Morgan fingerprint density at radius 3 is 2.39 bits per heavy atom. The number of ether oxygens (including phenoxy) is 1. The molecule has 18 heavy (non-hydrogen) atoms. The molecule has 0 fully saturated rings. The average molecular weight is 242 g/mol. The molecule has 1 aromatic carbocycles. The van der Waals surface area contributed by atoms with Gasteiger partial charge in [-0.1, -0.05) is 6.07 Å². The molecule has 2 rings (SSSR count). The van der Waals surface area contributed by atoms with Gasteiger partial charge in [-0.15, -0.1) is 0 Å². The third-order valence-corrected chi connectivity index (χ3v) is 3.18. The fourth-order valence-electron chi connectivity index (χ4n) is 2.12. The third kappa shape index (κ3) is 2.36. The fraction of sp³-hybridized carbons (Fsp3) is 0.267. The van der Waals surface area contributed by atoms with E-state index in [0.717, 1.165) is 28.0 Å². The van der Waals surface area contributed by atoms with Gasteiger partial charge in [0, 0.05) is 12.4 Å². The Kier molecular flexibility index (Phi) is 3.63. The number of aryl methyl sites for hydroxylation is 2. The van der Waals surface area contributed by atoms with Crippen LogP contribution >= 0.6 is 0 Å². The van der Waals surface area contributed by atoms with E-state index in [1.54, 1.807) is 19.5 Å². The van der Waals surface area contributed by atoms with Crippen molar-refractivity contribution in [2.75, 3.05) is 7.11 Å². The number of benzene rings is 1. The van der Waals surface area contributed by atoms with Crippen LogP contribution in [0.1, 0.15) is 28.3 Å². The van der Waals surface area contributed by atoms with Gasteiger partial charge in [-0.25, -0.2) is 0 Å². The van der Waals surface area contributed by atoms with E-state index < -0.39 is 0 Å². The number of hydrogen-bond donors (Lipinski definition) is 1. The smallest absolute Gasteiger partial charge is 0.122 e. The molecule has 2 aromatic rings. The maximum Gasteiger partial charge on any atom is 0.122 e. The highest BCUT2D eigenvalue weighted by Crippen LogP contribution is 2.28. The van der Waals surface area contributed by atoms with Gasteiger partial charge in [-0.05, 0) is 54.3 Å². The van der Waals surface area contributed by atoms with Gasteiger partial charge in [0.2, 0.25) is 0 Å².